The third-order valence-electron chi connectivity index (χ3n) is 11.2. The summed E-state index contributed by atoms with van der Waals surface area (Å²) in [6.45, 7) is 0. The lowest BCUT2D eigenvalue weighted by Crippen LogP contribution is -2.01. The minimum atomic E-state index is 0.621. The number of hydrogen-bond donors (Lipinski definition) is 0. The van der Waals surface area contributed by atoms with E-state index in [1.54, 1.807) is 0 Å². The van der Waals surface area contributed by atoms with E-state index >= 15 is 0 Å². The Labute approximate surface area is 326 Å². The van der Waals surface area contributed by atoms with E-state index in [2.05, 4.69) is 130 Å². The maximum atomic E-state index is 6.65. The number of aromatic nitrogens is 5. The van der Waals surface area contributed by atoms with Crippen LogP contribution >= 0.6 is 0 Å². The first-order valence-electron chi connectivity index (χ1n) is 19.1. The van der Waals surface area contributed by atoms with Gasteiger partial charge in [-0.25, -0.2) is 15.0 Å². The van der Waals surface area contributed by atoms with Crippen LogP contribution in [0.1, 0.15) is 0 Å². The van der Waals surface area contributed by atoms with Gasteiger partial charge in [0.05, 0.1) is 22.1 Å². The lowest BCUT2D eigenvalue weighted by atomic mass is 10.1. The minimum absolute atomic E-state index is 0.621. The molecule has 4 heterocycles. The smallest absolute Gasteiger partial charge is 0.164 e. The quantitative estimate of drug-likeness (QED) is 0.177. The van der Waals surface area contributed by atoms with E-state index in [1.165, 1.54) is 16.2 Å². The van der Waals surface area contributed by atoms with E-state index in [0.29, 0.717) is 17.5 Å². The molecule has 8 aromatic carbocycles. The molecule has 266 valence electrons. The molecule has 0 aliphatic heterocycles. The van der Waals surface area contributed by atoms with Crippen molar-refractivity contribution in [3.8, 4) is 45.5 Å². The zero-order valence-corrected chi connectivity index (χ0v) is 30.5. The zero-order valence-electron chi connectivity index (χ0n) is 30.5. The van der Waals surface area contributed by atoms with E-state index in [-0.39, 0.29) is 0 Å². The molecule has 57 heavy (non-hydrogen) atoms. The molecule has 12 aromatic rings. The Kier molecular flexibility index (Phi) is 6.83. The normalized spacial score (nSPS) is 11.9. The molecule has 0 fully saturated rings. The van der Waals surface area contributed by atoms with Crippen LogP contribution in [0.2, 0.25) is 0 Å². The summed E-state index contributed by atoms with van der Waals surface area (Å²) in [5, 5.41) is 6.93. The Morgan fingerprint density at radius 3 is 1.58 bits per heavy atom. The van der Waals surface area contributed by atoms with E-state index < -0.39 is 0 Å². The van der Waals surface area contributed by atoms with Gasteiger partial charge in [0.2, 0.25) is 0 Å². The van der Waals surface area contributed by atoms with Crippen LogP contribution in [-0.2, 0) is 0 Å². The fraction of sp³-hybridized carbons (Fsp3) is 0. The molecular weight excluding hydrogens is 699 g/mol. The Morgan fingerprint density at radius 2 is 0.860 bits per heavy atom. The maximum Gasteiger partial charge on any atom is 0.164 e. The number of para-hydroxylation sites is 3. The molecule has 4 aromatic heterocycles. The van der Waals surface area contributed by atoms with Gasteiger partial charge in [-0.15, -0.1) is 0 Å². The van der Waals surface area contributed by atoms with Crippen LogP contribution in [-0.4, -0.2) is 24.1 Å². The van der Waals surface area contributed by atoms with Crippen molar-refractivity contribution in [2.45, 2.75) is 0 Å². The molecule has 0 amide bonds. The van der Waals surface area contributed by atoms with E-state index in [0.717, 1.165) is 77.5 Å². The van der Waals surface area contributed by atoms with Gasteiger partial charge in [0.15, 0.2) is 23.1 Å². The summed E-state index contributed by atoms with van der Waals surface area (Å²) in [5.74, 6) is 1.90. The molecule has 0 spiro atoms. The van der Waals surface area contributed by atoms with Crippen LogP contribution < -0.4 is 0 Å². The van der Waals surface area contributed by atoms with Gasteiger partial charge in [-0.3, -0.25) is 0 Å². The molecule has 6 heteroatoms. The number of furan rings is 1. The standard InChI is InChI=1S/C51H31N5O/c1-3-14-32(15-4-1)49-52-50(33-16-5-2-6-17-33)54-51(53-49)34-18-13-19-35(30-34)55-43-23-10-8-21-38(43)42-31-36(26-29-45(42)55)56-44-24-11-7-20-37(44)40-27-28-41-39-22-9-12-25-46(39)57-48(41)47(40)56/h1-31H. The zero-order chi connectivity index (χ0) is 37.5. The SMILES string of the molecule is c1ccc(-c2nc(-c3ccccc3)nc(-c3cccc(-n4c5ccccc5c5cc(-n6c7ccccc7c7ccc8c9ccccc9oc8c76)ccc54)c3)n2)cc1. The van der Waals surface area contributed by atoms with Gasteiger partial charge in [0.25, 0.3) is 0 Å². The average molecular weight is 730 g/mol. The number of fused-ring (bicyclic) bond motifs is 10. The second-order valence-electron chi connectivity index (χ2n) is 14.4. The minimum Gasteiger partial charge on any atom is -0.454 e. The summed E-state index contributed by atoms with van der Waals surface area (Å²) in [7, 11) is 0. The van der Waals surface area contributed by atoms with Crippen molar-refractivity contribution in [3.63, 3.8) is 0 Å². The average Bonchev–Trinajstić information content (AvgIpc) is 3.94. The first-order valence-corrected chi connectivity index (χ1v) is 19.1. The van der Waals surface area contributed by atoms with Gasteiger partial charge in [0.1, 0.15) is 5.58 Å². The molecule has 0 N–H and O–H groups in total. The summed E-state index contributed by atoms with van der Waals surface area (Å²) in [5.41, 5.74) is 11.1. The van der Waals surface area contributed by atoms with Crippen LogP contribution in [0.4, 0.5) is 0 Å². The Morgan fingerprint density at radius 1 is 0.333 bits per heavy atom. The molecule has 0 aliphatic carbocycles. The molecular formula is C51H31N5O. The van der Waals surface area contributed by atoms with Crippen molar-refractivity contribution in [2.75, 3.05) is 0 Å². The summed E-state index contributed by atoms with van der Waals surface area (Å²) < 4.78 is 11.4. The van der Waals surface area contributed by atoms with Gasteiger partial charge in [0, 0.05) is 60.4 Å². The largest absolute Gasteiger partial charge is 0.454 e. The van der Waals surface area contributed by atoms with Crippen molar-refractivity contribution in [1.82, 2.24) is 24.1 Å². The van der Waals surface area contributed by atoms with Gasteiger partial charge in [-0.05, 0) is 54.6 Å². The Hall–Kier alpha value is -7.83. The van der Waals surface area contributed by atoms with Gasteiger partial charge >= 0.3 is 0 Å². The lowest BCUT2D eigenvalue weighted by molar-refractivity contribution is 0.671. The van der Waals surface area contributed by atoms with Crippen molar-refractivity contribution >= 4 is 65.6 Å². The number of rotatable bonds is 5. The molecule has 0 aliphatic rings. The van der Waals surface area contributed by atoms with Crippen LogP contribution in [0, 0.1) is 0 Å². The van der Waals surface area contributed by atoms with Crippen LogP contribution in [0.5, 0.6) is 0 Å². The summed E-state index contributed by atoms with van der Waals surface area (Å²) >= 11 is 0. The monoisotopic (exact) mass is 729 g/mol. The summed E-state index contributed by atoms with van der Waals surface area (Å²) in [4.78, 5) is 15.0. The van der Waals surface area contributed by atoms with Crippen molar-refractivity contribution in [2.24, 2.45) is 0 Å². The Balaban J connectivity index is 1.06. The maximum absolute atomic E-state index is 6.65. The fourth-order valence-electron chi connectivity index (χ4n) is 8.60. The van der Waals surface area contributed by atoms with E-state index in [4.69, 9.17) is 19.4 Å². The molecule has 0 radical (unpaired) electrons. The van der Waals surface area contributed by atoms with Crippen molar-refractivity contribution in [1.29, 1.82) is 0 Å². The molecule has 0 unspecified atom stereocenters. The topological polar surface area (TPSA) is 61.7 Å². The van der Waals surface area contributed by atoms with Gasteiger partial charge in [-0.1, -0.05) is 133 Å². The predicted octanol–water partition coefficient (Wildman–Crippen LogP) is 13.0. The molecule has 0 atom stereocenters. The number of benzene rings is 8. The molecule has 0 bridgehead atoms. The summed E-state index contributed by atoms with van der Waals surface area (Å²) in [6, 6.07) is 65.5. The van der Waals surface area contributed by atoms with E-state index in [1.807, 2.05) is 66.7 Å². The van der Waals surface area contributed by atoms with Crippen molar-refractivity contribution < 1.29 is 4.42 Å². The van der Waals surface area contributed by atoms with Crippen LogP contribution in [0.3, 0.4) is 0 Å². The molecule has 0 saturated heterocycles. The number of hydrogen-bond acceptors (Lipinski definition) is 4. The highest BCUT2D eigenvalue weighted by molar-refractivity contribution is 6.21. The second-order valence-corrected chi connectivity index (χ2v) is 14.4. The number of nitrogens with zero attached hydrogens (tertiary/aromatic N) is 5. The first kappa shape index (κ1) is 31.5. The van der Waals surface area contributed by atoms with Gasteiger partial charge < -0.3 is 13.6 Å². The van der Waals surface area contributed by atoms with Gasteiger partial charge in [-0.2, -0.15) is 0 Å². The lowest BCUT2D eigenvalue weighted by Gasteiger charge is -2.12. The highest BCUT2D eigenvalue weighted by Crippen LogP contribution is 2.42. The Bertz CT molecular complexity index is 3470. The van der Waals surface area contributed by atoms with E-state index in [9.17, 15) is 0 Å². The second kappa shape index (κ2) is 12.3. The predicted molar refractivity (Wildman–Crippen MR) is 232 cm³/mol. The highest BCUT2D eigenvalue weighted by atomic mass is 16.3. The van der Waals surface area contributed by atoms with Crippen LogP contribution in [0.15, 0.2) is 192 Å². The molecule has 12 rings (SSSR count). The summed E-state index contributed by atoms with van der Waals surface area (Å²) in [6.07, 6.45) is 0. The third kappa shape index (κ3) is 4.87. The molecule has 0 saturated carbocycles. The molecule has 6 nitrogen and oxygen atoms in total. The van der Waals surface area contributed by atoms with Crippen molar-refractivity contribution in [3.05, 3.63) is 188 Å². The third-order valence-corrected chi connectivity index (χ3v) is 11.2. The fourth-order valence-corrected chi connectivity index (χ4v) is 8.60. The highest BCUT2D eigenvalue weighted by Gasteiger charge is 2.21. The first-order chi connectivity index (χ1) is 28.3. The van der Waals surface area contributed by atoms with Crippen LogP contribution in [0.25, 0.3) is 111 Å².